The van der Waals surface area contributed by atoms with Crippen molar-refractivity contribution < 1.29 is 19.4 Å². The van der Waals surface area contributed by atoms with Crippen molar-refractivity contribution in [2.24, 2.45) is 0 Å². The zero-order chi connectivity index (χ0) is 15.4. The summed E-state index contributed by atoms with van der Waals surface area (Å²) in [5.41, 5.74) is 0.162. The molecular formula is C14H12N2O5. The number of benzene rings is 1. The van der Waals surface area contributed by atoms with E-state index in [0.717, 1.165) is 6.07 Å². The largest absolute Gasteiger partial charge is 0.496 e. The number of amides is 1. The van der Waals surface area contributed by atoms with Crippen LogP contribution in [0.2, 0.25) is 0 Å². The van der Waals surface area contributed by atoms with Crippen LogP contribution in [0.25, 0.3) is 0 Å². The number of hydrogen-bond donors (Lipinski definition) is 3. The number of carbonyl (C=O) groups excluding carboxylic acids is 1. The maximum absolute atomic E-state index is 12.0. The van der Waals surface area contributed by atoms with Crippen LogP contribution in [0.15, 0.2) is 41.3 Å². The maximum atomic E-state index is 12.0. The van der Waals surface area contributed by atoms with Crippen molar-refractivity contribution in [2.45, 2.75) is 0 Å². The lowest BCUT2D eigenvalue weighted by Gasteiger charge is -2.09. The number of H-pyrrole nitrogens is 1. The lowest BCUT2D eigenvalue weighted by molar-refractivity contribution is 0.0693. The number of aromatic nitrogens is 1. The van der Waals surface area contributed by atoms with Gasteiger partial charge in [0.25, 0.3) is 5.91 Å². The molecule has 3 N–H and O–H groups in total. The Morgan fingerprint density at radius 2 is 2.00 bits per heavy atom. The van der Waals surface area contributed by atoms with Crippen LogP contribution in [0, 0.1) is 0 Å². The molecule has 1 amide bonds. The van der Waals surface area contributed by atoms with Crippen LogP contribution in [0.1, 0.15) is 20.7 Å². The van der Waals surface area contributed by atoms with E-state index in [1.807, 2.05) is 0 Å². The maximum Gasteiger partial charge on any atom is 0.339 e. The fourth-order valence-corrected chi connectivity index (χ4v) is 1.73. The standard InChI is InChI=1S/C14H12N2O5/c1-21-11-7-9(2-3-10(11)14(19)20)16-13(18)8-4-5-15-12(17)6-8/h2-7H,1H3,(H,15,17)(H,16,18)(H,19,20). The minimum absolute atomic E-state index is 0.00773. The van der Waals surface area contributed by atoms with Gasteiger partial charge in [-0.2, -0.15) is 0 Å². The van der Waals surface area contributed by atoms with E-state index in [9.17, 15) is 14.4 Å². The van der Waals surface area contributed by atoms with Crippen molar-refractivity contribution in [2.75, 3.05) is 12.4 Å². The summed E-state index contributed by atoms with van der Waals surface area (Å²) in [5.74, 6) is -1.48. The van der Waals surface area contributed by atoms with E-state index in [1.54, 1.807) is 0 Å². The molecule has 1 heterocycles. The fourth-order valence-electron chi connectivity index (χ4n) is 1.73. The van der Waals surface area contributed by atoms with Gasteiger partial charge in [-0.15, -0.1) is 0 Å². The molecule has 0 bridgehead atoms. The number of hydrogen-bond acceptors (Lipinski definition) is 4. The second-order valence-electron chi connectivity index (χ2n) is 4.12. The molecule has 1 aromatic heterocycles. The van der Waals surface area contributed by atoms with Crippen LogP contribution in [0.3, 0.4) is 0 Å². The number of carboxylic acids is 1. The van der Waals surface area contributed by atoms with Gasteiger partial charge in [-0.25, -0.2) is 4.79 Å². The molecule has 2 rings (SSSR count). The smallest absolute Gasteiger partial charge is 0.339 e. The quantitative estimate of drug-likeness (QED) is 0.786. The molecule has 0 aliphatic rings. The third-order valence-corrected chi connectivity index (χ3v) is 2.73. The van der Waals surface area contributed by atoms with Gasteiger partial charge in [0.2, 0.25) is 5.56 Å². The molecule has 108 valence electrons. The van der Waals surface area contributed by atoms with Crippen LogP contribution >= 0.6 is 0 Å². The number of rotatable bonds is 4. The molecule has 21 heavy (non-hydrogen) atoms. The highest BCUT2D eigenvalue weighted by Crippen LogP contribution is 2.23. The lowest BCUT2D eigenvalue weighted by atomic mass is 10.1. The third kappa shape index (κ3) is 3.27. The molecule has 7 nitrogen and oxygen atoms in total. The Morgan fingerprint density at radius 3 is 2.62 bits per heavy atom. The summed E-state index contributed by atoms with van der Waals surface area (Å²) in [4.78, 5) is 36.5. The van der Waals surface area contributed by atoms with E-state index in [1.165, 1.54) is 37.6 Å². The predicted octanol–water partition coefficient (Wildman–Crippen LogP) is 1.33. The third-order valence-electron chi connectivity index (χ3n) is 2.73. The van der Waals surface area contributed by atoms with Gasteiger partial charge >= 0.3 is 5.97 Å². The Hall–Kier alpha value is -3.09. The Bertz CT molecular complexity index is 751. The van der Waals surface area contributed by atoms with Crippen LogP contribution < -0.4 is 15.6 Å². The SMILES string of the molecule is COc1cc(NC(=O)c2cc[nH]c(=O)c2)ccc1C(=O)O. The Morgan fingerprint density at radius 1 is 1.24 bits per heavy atom. The molecule has 2 aromatic rings. The van der Waals surface area contributed by atoms with Crippen molar-refractivity contribution in [3.05, 3.63) is 58.0 Å². The number of aromatic carboxylic acids is 1. The van der Waals surface area contributed by atoms with Gasteiger partial charge < -0.3 is 20.1 Å². The lowest BCUT2D eigenvalue weighted by Crippen LogP contribution is -2.15. The van der Waals surface area contributed by atoms with E-state index in [4.69, 9.17) is 9.84 Å². The van der Waals surface area contributed by atoms with E-state index >= 15 is 0 Å². The first-order valence-electron chi connectivity index (χ1n) is 5.92. The fraction of sp³-hybridized carbons (Fsp3) is 0.0714. The Kier molecular flexibility index (Phi) is 4.03. The summed E-state index contributed by atoms with van der Waals surface area (Å²) < 4.78 is 4.97. The molecular weight excluding hydrogens is 276 g/mol. The summed E-state index contributed by atoms with van der Waals surface area (Å²) in [7, 11) is 1.34. The highest BCUT2D eigenvalue weighted by atomic mass is 16.5. The first-order valence-corrected chi connectivity index (χ1v) is 5.92. The summed E-state index contributed by atoms with van der Waals surface area (Å²) in [6.07, 6.45) is 1.37. The molecule has 0 fully saturated rings. The molecule has 0 atom stereocenters. The number of anilines is 1. The van der Waals surface area contributed by atoms with Crippen molar-refractivity contribution in [3.8, 4) is 5.75 Å². The van der Waals surface area contributed by atoms with Crippen LogP contribution in [-0.2, 0) is 0 Å². The molecule has 0 radical (unpaired) electrons. The zero-order valence-corrected chi connectivity index (χ0v) is 11.0. The van der Waals surface area contributed by atoms with Gasteiger partial charge in [0.1, 0.15) is 11.3 Å². The van der Waals surface area contributed by atoms with Gasteiger partial charge in [-0.1, -0.05) is 0 Å². The molecule has 0 unspecified atom stereocenters. The van der Waals surface area contributed by atoms with Gasteiger partial charge in [-0.05, 0) is 18.2 Å². The second-order valence-corrected chi connectivity index (χ2v) is 4.12. The summed E-state index contributed by atoms with van der Waals surface area (Å²) >= 11 is 0. The number of methoxy groups -OCH3 is 1. The normalized spacial score (nSPS) is 9.95. The number of aromatic amines is 1. The van der Waals surface area contributed by atoms with Gasteiger partial charge in [0.15, 0.2) is 0 Å². The first-order chi connectivity index (χ1) is 10.0. The average Bonchev–Trinajstić information content (AvgIpc) is 2.46. The Balaban J connectivity index is 2.26. The minimum atomic E-state index is -1.13. The molecule has 0 aliphatic carbocycles. The second kappa shape index (κ2) is 5.91. The van der Waals surface area contributed by atoms with E-state index in [-0.39, 0.29) is 22.4 Å². The molecule has 0 saturated carbocycles. The van der Waals surface area contributed by atoms with E-state index < -0.39 is 11.9 Å². The highest BCUT2D eigenvalue weighted by molar-refractivity contribution is 6.04. The van der Waals surface area contributed by atoms with Crippen molar-refractivity contribution in [1.29, 1.82) is 0 Å². The first kappa shape index (κ1) is 14.3. The number of carboxylic acid groups (broad SMARTS) is 1. The number of pyridine rings is 1. The van der Waals surface area contributed by atoms with Gasteiger partial charge in [0.05, 0.1) is 7.11 Å². The highest BCUT2D eigenvalue weighted by Gasteiger charge is 2.13. The summed E-state index contributed by atoms with van der Waals surface area (Å²) in [6.45, 7) is 0. The predicted molar refractivity (Wildman–Crippen MR) is 75.0 cm³/mol. The zero-order valence-electron chi connectivity index (χ0n) is 11.0. The Labute approximate surface area is 119 Å². The monoisotopic (exact) mass is 288 g/mol. The van der Waals surface area contributed by atoms with Crippen LogP contribution in [0.4, 0.5) is 5.69 Å². The number of carbonyl (C=O) groups is 2. The van der Waals surface area contributed by atoms with Crippen molar-refractivity contribution in [3.63, 3.8) is 0 Å². The topological polar surface area (TPSA) is 108 Å². The van der Waals surface area contributed by atoms with Gasteiger partial charge in [0, 0.05) is 29.6 Å². The molecule has 1 aromatic carbocycles. The van der Waals surface area contributed by atoms with Crippen LogP contribution in [-0.4, -0.2) is 29.1 Å². The molecule has 0 aliphatic heterocycles. The van der Waals surface area contributed by atoms with E-state index in [0.29, 0.717) is 5.69 Å². The minimum Gasteiger partial charge on any atom is -0.496 e. The number of ether oxygens (including phenoxy) is 1. The molecule has 0 saturated heterocycles. The van der Waals surface area contributed by atoms with Crippen molar-refractivity contribution in [1.82, 2.24) is 4.98 Å². The molecule has 7 heteroatoms. The van der Waals surface area contributed by atoms with Crippen molar-refractivity contribution >= 4 is 17.6 Å². The average molecular weight is 288 g/mol. The van der Waals surface area contributed by atoms with Crippen LogP contribution in [0.5, 0.6) is 5.75 Å². The van der Waals surface area contributed by atoms with Gasteiger partial charge in [-0.3, -0.25) is 9.59 Å². The summed E-state index contributed by atoms with van der Waals surface area (Å²) in [5, 5.41) is 11.5. The summed E-state index contributed by atoms with van der Waals surface area (Å²) in [6, 6.07) is 6.79. The number of nitrogens with one attached hydrogen (secondary N) is 2. The molecule has 0 spiro atoms. The van der Waals surface area contributed by atoms with E-state index in [2.05, 4.69) is 10.3 Å².